The molecule has 0 aliphatic heterocycles. The van der Waals surface area contributed by atoms with E-state index in [-0.39, 0.29) is 114 Å². The fourth-order valence-electron chi connectivity index (χ4n) is 26.2. The molecule has 0 amide bonds. The predicted octanol–water partition coefficient (Wildman–Crippen LogP) is 28.1. The zero-order valence-electron chi connectivity index (χ0n) is 83.5. The van der Waals surface area contributed by atoms with Gasteiger partial charge in [-0.05, 0) is 346 Å². The van der Waals surface area contributed by atoms with Gasteiger partial charge >= 0.3 is 47.8 Å². The van der Waals surface area contributed by atoms with Crippen LogP contribution in [0.3, 0.4) is 0 Å². The van der Waals surface area contributed by atoms with Gasteiger partial charge in [0, 0.05) is 57.4 Å². The van der Waals surface area contributed by atoms with Crippen molar-refractivity contribution in [3.63, 3.8) is 0 Å². The number of fused-ring (bicyclic) bond motifs is 8. The molecule has 14 aliphatic carbocycles. The molecule has 14 saturated carbocycles. The Kier molecular flexibility index (Phi) is 39.3. The molecule has 12 atom stereocenters. The van der Waals surface area contributed by atoms with Crippen LogP contribution < -0.4 is 0 Å². The van der Waals surface area contributed by atoms with Crippen molar-refractivity contribution in [1.29, 1.82) is 0 Å². The molecule has 12 unspecified atom stereocenters. The van der Waals surface area contributed by atoms with Crippen LogP contribution >= 0.6 is 0 Å². The zero-order chi connectivity index (χ0) is 94.4. The summed E-state index contributed by atoms with van der Waals surface area (Å²) >= 11 is 0. The van der Waals surface area contributed by atoms with Crippen molar-refractivity contribution < 1.29 is 76.3 Å². The lowest BCUT2D eigenvalue weighted by molar-refractivity contribution is -0.172. The second-order valence-corrected chi connectivity index (χ2v) is 45.2. The third-order valence-corrected chi connectivity index (χ3v) is 35.6. The van der Waals surface area contributed by atoms with Crippen LogP contribution in [0.15, 0.2) is 99.2 Å². The molecule has 8 bridgehead atoms. The first-order valence-corrected chi connectivity index (χ1v) is 50.4. The van der Waals surface area contributed by atoms with E-state index in [9.17, 15) is 38.4 Å². The summed E-state index contributed by atoms with van der Waals surface area (Å²) in [5.74, 6) is 4.36. The second kappa shape index (κ2) is 46.4. The minimum Gasteiger partial charge on any atom is -0.456 e. The van der Waals surface area contributed by atoms with E-state index in [0.717, 1.165) is 76.0 Å². The average Bonchev–Trinajstić information content (AvgIpc) is 1.54. The van der Waals surface area contributed by atoms with Crippen LogP contribution in [-0.4, -0.2) is 92.6 Å². The van der Waals surface area contributed by atoms with Crippen molar-refractivity contribution in [2.24, 2.45) is 80.8 Å². The predicted molar refractivity (Wildman–Crippen MR) is 512 cm³/mol. The standard InChI is InChI=1S/C18H30O2.C17H28O2.C15H24O2.C14H22O2.C12H18O2.2C12H20O2.C11H16O2/c1-14(2)17(19)20-18(3,15-10-6-4-7-11-15)16-12-8-5-9-13-16;1-3-16(18)19-17(2,14-10-6-4-7-11-14)15-12-8-5-9-13-15;1-10(2)12(16)17-15(6)9-11-7-8-14(15,5)13(11,3)4;1-6-11(15)16-14(5)9-10-7-8-13(14,4)12(10,2)3;1-8(2)11(13)14-12(3)7-9-4-5-10(12)6-9;1-10(2)11(13)14-12(3)8-6-4-5-7-9-12;1-3-11(13)14-12(2)9-7-5-4-6-8-10-12;1-3-10(12)13-11(2)7-8-4-5-9(11)6-8/h15-16H,1,4-13H2,2-3H3;3,14-15H,1,4-13H2,2H3;11H,1,7-9H2,2-6H3;6,10H,1,7-9H2,2-5H3;9-10H,1,4-7H2,2-3H3;1,4-9H2,2-3H3;3H,1,4-10H2,2H3;3,8-9H,1,4-7H2,2H3. The Morgan fingerprint density at radius 3 is 0.866 bits per heavy atom. The molecular weight excluding hydrogens is 1590 g/mol. The molecule has 0 aromatic heterocycles. The maximum absolute atomic E-state index is 12.1. The van der Waals surface area contributed by atoms with Gasteiger partial charge in [0.2, 0.25) is 0 Å². The molecule has 14 rings (SSSR count). The third-order valence-electron chi connectivity index (χ3n) is 35.6. The highest BCUT2D eigenvalue weighted by Gasteiger charge is 2.70. The fourth-order valence-corrected chi connectivity index (χ4v) is 26.2. The summed E-state index contributed by atoms with van der Waals surface area (Å²) in [7, 11) is 0. The van der Waals surface area contributed by atoms with Gasteiger partial charge in [-0.2, -0.15) is 0 Å². The van der Waals surface area contributed by atoms with Crippen LogP contribution in [0, 0.1) is 80.8 Å². The van der Waals surface area contributed by atoms with E-state index >= 15 is 0 Å². The largest absolute Gasteiger partial charge is 0.456 e. The molecule has 14 fully saturated rings. The Morgan fingerprint density at radius 1 is 0.283 bits per heavy atom. The van der Waals surface area contributed by atoms with Crippen LogP contribution in [0.25, 0.3) is 0 Å². The van der Waals surface area contributed by atoms with Crippen LogP contribution in [0.2, 0.25) is 0 Å². The summed E-state index contributed by atoms with van der Waals surface area (Å²) in [6.45, 7) is 66.1. The first-order valence-electron chi connectivity index (χ1n) is 50.4. The lowest BCUT2D eigenvalue weighted by Crippen LogP contribution is -2.48. The SMILES string of the molecule is C=C(C)C(=O)OC(C)(C1CCCCC1)C1CCCCC1.C=C(C)C(=O)OC1(C)CC2CCC1(C)C2(C)C.C=C(C)C(=O)OC1(C)CC2CCC1C2.C=C(C)C(=O)OC1(C)CCCCCC1.C=CC(=O)OC(C)(C1CCCCC1)C1CCCCC1.C=CC(=O)OC1(C)CC2CCC1(C)C2(C)C.C=CC(=O)OC1(C)CC2CCC1C2.C=CC(=O)OC1(C)CCCCCCC1. The van der Waals surface area contributed by atoms with Crippen LogP contribution in [0.5, 0.6) is 0 Å². The molecule has 0 aromatic rings. The Labute approximate surface area is 771 Å². The van der Waals surface area contributed by atoms with Gasteiger partial charge in [0.15, 0.2) is 0 Å². The van der Waals surface area contributed by atoms with Crippen molar-refractivity contribution in [2.45, 2.75) is 471 Å². The third kappa shape index (κ3) is 27.2. The highest BCUT2D eigenvalue weighted by atomic mass is 16.6. The molecule has 0 radical (unpaired) electrons. The molecule has 0 aromatic carbocycles. The fraction of sp³-hybridized carbons (Fsp3) is 0.784. The van der Waals surface area contributed by atoms with E-state index in [4.69, 9.17) is 37.9 Å². The molecule has 0 saturated heterocycles. The zero-order valence-corrected chi connectivity index (χ0v) is 83.5. The maximum atomic E-state index is 12.1. The number of hydrogen-bond acceptors (Lipinski definition) is 16. The summed E-state index contributed by atoms with van der Waals surface area (Å²) in [5, 5.41) is 0. The highest BCUT2D eigenvalue weighted by molar-refractivity contribution is 5.89. The van der Waals surface area contributed by atoms with Gasteiger partial charge in [-0.15, -0.1) is 0 Å². The number of rotatable bonds is 20. The number of ether oxygens (including phenoxy) is 8. The van der Waals surface area contributed by atoms with Crippen LogP contribution in [0.1, 0.15) is 426 Å². The van der Waals surface area contributed by atoms with Gasteiger partial charge in [0.1, 0.15) is 44.8 Å². The van der Waals surface area contributed by atoms with Crippen molar-refractivity contribution in [2.75, 3.05) is 0 Å². The lowest BCUT2D eigenvalue weighted by atomic mass is 9.65. The lowest BCUT2D eigenvalue weighted by Gasteiger charge is -2.46. The van der Waals surface area contributed by atoms with Crippen molar-refractivity contribution in [3.05, 3.63) is 99.2 Å². The first kappa shape index (κ1) is 108. The molecular formula is C111H178O16. The van der Waals surface area contributed by atoms with Crippen LogP contribution in [-0.2, 0) is 76.3 Å². The highest BCUT2D eigenvalue weighted by Crippen LogP contribution is 2.72. The van der Waals surface area contributed by atoms with Crippen molar-refractivity contribution in [3.8, 4) is 0 Å². The van der Waals surface area contributed by atoms with E-state index in [1.54, 1.807) is 27.7 Å². The average molecular weight is 1770 g/mol. The monoisotopic (exact) mass is 1770 g/mol. The number of hydrogen-bond donors (Lipinski definition) is 0. The first-order chi connectivity index (χ1) is 59.5. The van der Waals surface area contributed by atoms with E-state index in [1.807, 2.05) is 13.8 Å². The van der Waals surface area contributed by atoms with Gasteiger partial charge in [-0.25, -0.2) is 38.4 Å². The van der Waals surface area contributed by atoms with E-state index < -0.39 is 0 Å². The molecule has 14 aliphatic rings. The molecule has 0 heterocycles. The number of carbonyl (C=O) groups excluding carboxylic acids is 8. The molecule has 0 N–H and O–H groups in total. The van der Waals surface area contributed by atoms with Gasteiger partial charge in [-0.3, -0.25) is 0 Å². The maximum Gasteiger partial charge on any atom is 0.333 e. The minimum atomic E-state index is -0.324. The molecule has 16 heteroatoms. The summed E-state index contributed by atoms with van der Waals surface area (Å²) in [5.41, 5.74) is 0.719. The molecule has 16 nitrogen and oxygen atoms in total. The number of carbonyl (C=O) groups is 8. The smallest absolute Gasteiger partial charge is 0.333 e. The summed E-state index contributed by atoms with van der Waals surface area (Å²) in [6, 6.07) is 0. The number of esters is 8. The normalized spacial score (nSPS) is 31.7. The summed E-state index contributed by atoms with van der Waals surface area (Å²) in [4.78, 5) is 92.3. The van der Waals surface area contributed by atoms with Gasteiger partial charge in [0.05, 0.1) is 0 Å². The van der Waals surface area contributed by atoms with E-state index in [2.05, 4.69) is 136 Å². The van der Waals surface area contributed by atoms with Gasteiger partial charge < -0.3 is 37.9 Å². The Hall–Kier alpha value is -6.32. The molecule has 127 heavy (non-hydrogen) atoms. The topological polar surface area (TPSA) is 210 Å². The summed E-state index contributed by atoms with van der Waals surface area (Å²) in [6.07, 6.45) is 62.1. The van der Waals surface area contributed by atoms with Crippen molar-refractivity contribution in [1.82, 2.24) is 0 Å². The Morgan fingerprint density at radius 2 is 0.567 bits per heavy atom. The molecule has 0 spiro atoms. The second-order valence-electron chi connectivity index (χ2n) is 45.2. The Bertz CT molecular complexity index is 3740. The van der Waals surface area contributed by atoms with Crippen molar-refractivity contribution >= 4 is 47.8 Å². The van der Waals surface area contributed by atoms with Crippen LogP contribution in [0.4, 0.5) is 0 Å². The van der Waals surface area contributed by atoms with Gasteiger partial charge in [-0.1, -0.05) is 203 Å². The van der Waals surface area contributed by atoms with E-state index in [1.165, 1.54) is 262 Å². The minimum absolute atomic E-state index is 0.0930. The van der Waals surface area contributed by atoms with Gasteiger partial charge in [0.25, 0.3) is 0 Å². The quantitative estimate of drug-likeness (QED) is 0.0480. The summed E-state index contributed by atoms with van der Waals surface area (Å²) < 4.78 is 45.3. The Balaban J connectivity index is 0.000000200. The van der Waals surface area contributed by atoms with E-state index in [0.29, 0.717) is 69.6 Å². The molecule has 718 valence electrons.